The summed E-state index contributed by atoms with van der Waals surface area (Å²) < 4.78 is 12.7. The number of carbonyl (C=O) groups excluding carboxylic acids is 1. The normalized spacial score (nSPS) is 14.6. The second-order valence-corrected chi connectivity index (χ2v) is 5.67. The van der Waals surface area contributed by atoms with Crippen molar-refractivity contribution < 1.29 is 29.0 Å². The molecule has 0 unspecified atom stereocenters. The van der Waals surface area contributed by atoms with Gasteiger partial charge in [-0.25, -0.2) is 14.0 Å². The number of nitrogens with one attached hydrogen (secondary N) is 1. The third-order valence-electron chi connectivity index (χ3n) is 3.66. The van der Waals surface area contributed by atoms with Crippen LogP contribution in [0.4, 0.5) is 10.1 Å². The first-order valence-corrected chi connectivity index (χ1v) is 8.12. The van der Waals surface area contributed by atoms with E-state index in [1.165, 1.54) is 37.8 Å². The molecule has 1 fully saturated rings. The number of anilines is 1. The molecule has 0 saturated carbocycles. The molecular weight excluding hydrogens is 331 g/mol. The number of halogens is 1. The van der Waals surface area contributed by atoms with Crippen LogP contribution in [0, 0.1) is 5.82 Å². The largest absolute Gasteiger partial charge is 0.473 e. The van der Waals surface area contributed by atoms with Crippen LogP contribution < -0.4 is 5.32 Å². The van der Waals surface area contributed by atoms with Crippen LogP contribution in [0.1, 0.15) is 32.1 Å². The molecule has 0 aliphatic carbocycles. The first-order chi connectivity index (χ1) is 11.9. The highest BCUT2D eigenvalue weighted by atomic mass is 19.1. The first kappa shape index (κ1) is 20.6. The van der Waals surface area contributed by atoms with Gasteiger partial charge in [-0.1, -0.05) is 12.8 Å². The lowest BCUT2D eigenvalue weighted by molar-refractivity contribution is -0.159. The lowest BCUT2D eigenvalue weighted by atomic mass is 10.2. The van der Waals surface area contributed by atoms with Crippen molar-refractivity contribution in [2.45, 2.75) is 32.1 Å². The molecule has 1 aliphatic rings. The van der Waals surface area contributed by atoms with Crippen LogP contribution in [0.3, 0.4) is 0 Å². The predicted molar refractivity (Wildman–Crippen MR) is 89.8 cm³/mol. The Kier molecular flexibility index (Phi) is 9.16. The number of nitrogens with zero attached hydrogens (tertiary/aromatic N) is 1. The van der Waals surface area contributed by atoms with Crippen molar-refractivity contribution in [3.63, 3.8) is 0 Å². The van der Waals surface area contributed by atoms with Crippen LogP contribution in [0.25, 0.3) is 0 Å². The van der Waals surface area contributed by atoms with Gasteiger partial charge in [0.2, 0.25) is 5.91 Å². The van der Waals surface area contributed by atoms with Crippen LogP contribution in [0.15, 0.2) is 24.3 Å². The molecule has 7 nitrogen and oxygen atoms in total. The maximum atomic E-state index is 12.7. The summed E-state index contributed by atoms with van der Waals surface area (Å²) in [4.78, 5) is 32.4. The van der Waals surface area contributed by atoms with Crippen LogP contribution in [0.5, 0.6) is 0 Å². The summed E-state index contributed by atoms with van der Waals surface area (Å²) in [6, 6.07) is 5.87. The van der Waals surface area contributed by atoms with E-state index in [1.54, 1.807) is 12.1 Å². The van der Waals surface area contributed by atoms with Gasteiger partial charge in [-0.15, -0.1) is 0 Å². The van der Waals surface area contributed by atoms with Crippen LogP contribution in [-0.2, 0) is 14.4 Å². The third-order valence-corrected chi connectivity index (χ3v) is 3.66. The number of hydrogen-bond donors (Lipinski definition) is 3. The minimum Gasteiger partial charge on any atom is -0.473 e. The Labute approximate surface area is 145 Å². The predicted octanol–water partition coefficient (Wildman–Crippen LogP) is 2.19. The van der Waals surface area contributed by atoms with Crippen LogP contribution in [0.2, 0.25) is 0 Å². The highest BCUT2D eigenvalue weighted by Crippen LogP contribution is 2.11. The molecule has 1 saturated heterocycles. The number of rotatable bonds is 4. The number of aliphatic carboxylic acids is 2. The molecule has 1 aromatic rings. The number of carbonyl (C=O) groups is 3. The number of likely N-dealkylation sites (tertiary alicyclic amines) is 1. The lowest BCUT2D eigenvalue weighted by Gasteiger charge is -2.19. The molecule has 2 rings (SSSR count). The SMILES string of the molecule is O=C(CCN1CCCCCC1)Nc1ccc(F)cc1.O=C(O)C(=O)O. The average molecular weight is 354 g/mol. The summed E-state index contributed by atoms with van der Waals surface area (Å²) in [6.07, 6.45) is 5.58. The Bertz CT molecular complexity index is 557. The molecule has 8 heteroatoms. The van der Waals surface area contributed by atoms with Crippen molar-refractivity contribution in [1.29, 1.82) is 0 Å². The summed E-state index contributed by atoms with van der Waals surface area (Å²) >= 11 is 0. The molecule has 0 spiro atoms. The van der Waals surface area contributed by atoms with Gasteiger partial charge in [0.25, 0.3) is 0 Å². The van der Waals surface area contributed by atoms with Gasteiger partial charge in [-0.2, -0.15) is 0 Å². The smallest absolute Gasteiger partial charge is 0.414 e. The van der Waals surface area contributed by atoms with E-state index < -0.39 is 11.9 Å². The van der Waals surface area contributed by atoms with Crippen LogP contribution in [-0.4, -0.2) is 52.6 Å². The van der Waals surface area contributed by atoms with Crippen molar-refractivity contribution in [2.75, 3.05) is 25.0 Å². The Morgan fingerprint density at radius 3 is 1.96 bits per heavy atom. The molecule has 0 atom stereocenters. The van der Waals surface area contributed by atoms with E-state index in [0.29, 0.717) is 12.1 Å². The van der Waals surface area contributed by atoms with Gasteiger partial charge in [0.1, 0.15) is 5.82 Å². The Hall–Kier alpha value is -2.48. The minimum atomic E-state index is -1.82. The molecule has 1 heterocycles. The molecule has 0 aromatic heterocycles. The summed E-state index contributed by atoms with van der Waals surface area (Å²) in [5.74, 6) is -3.94. The number of hydrogen-bond acceptors (Lipinski definition) is 4. The van der Waals surface area contributed by atoms with Gasteiger partial charge in [0.05, 0.1) is 0 Å². The zero-order chi connectivity index (χ0) is 18.7. The minimum absolute atomic E-state index is 0.00384. The fourth-order valence-electron chi connectivity index (χ4n) is 2.38. The van der Waals surface area contributed by atoms with Crippen molar-refractivity contribution in [2.24, 2.45) is 0 Å². The highest BCUT2D eigenvalue weighted by Gasteiger charge is 2.11. The maximum absolute atomic E-state index is 12.7. The molecule has 1 aromatic carbocycles. The standard InChI is InChI=1S/C15H21FN2O.C2H2O4/c16-13-5-7-14(8-6-13)17-15(19)9-12-18-10-3-1-2-4-11-18;3-1(4)2(5)6/h5-8H,1-4,9-12H2,(H,17,19);(H,3,4)(H,5,6). The highest BCUT2D eigenvalue weighted by molar-refractivity contribution is 6.27. The lowest BCUT2D eigenvalue weighted by Crippen LogP contribution is -2.28. The average Bonchev–Trinajstić information content (AvgIpc) is 2.84. The van der Waals surface area contributed by atoms with E-state index in [0.717, 1.165) is 19.6 Å². The number of amides is 1. The van der Waals surface area contributed by atoms with Crippen molar-refractivity contribution in [3.05, 3.63) is 30.1 Å². The van der Waals surface area contributed by atoms with Gasteiger partial charge in [0, 0.05) is 18.7 Å². The topological polar surface area (TPSA) is 107 Å². The fourth-order valence-corrected chi connectivity index (χ4v) is 2.38. The Morgan fingerprint density at radius 1 is 0.960 bits per heavy atom. The molecular formula is C17H23FN2O5. The Balaban J connectivity index is 0.000000450. The van der Waals surface area contributed by atoms with Gasteiger partial charge >= 0.3 is 11.9 Å². The molecule has 25 heavy (non-hydrogen) atoms. The monoisotopic (exact) mass is 354 g/mol. The summed E-state index contributed by atoms with van der Waals surface area (Å²) in [6.45, 7) is 3.01. The third kappa shape index (κ3) is 9.41. The number of carboxylic acids is 2. The zero-order valence-corrected chi connectivity index (χ0v) is 13.9. The summed E-state index contributed by atoms with van der Waals surface area (Å²) in [5.41, 5.74) is 0.655. The first-order valence-electron chi connectivity index (χ1n) is 8.12. The van der Waals surface area contributed by atoms with Crippen molar-refractivity contribution in [3.8, 4) is 0 Å². The number of benzene rings is 1. The maximum Gasteiger partial charge on any atom is 0.414 e. The molecule has 3 N–H and O–H groups in total. The van der Waals surface area contributed by atoms with Gasteiger partial charge in [-0.05, 0) is 50.2 Å². The number of carboxylic acid groups (broad SMARTS) is 2. The van der Waals surface area contributed by atoms with Crippen molar-refractivity contribution in [1.82, 2.24) is 4.90 Å². The summed E-state index contributed by atoms with van der Waals surface area (Å²) in [7, 11) is 0. The van der Waals surface area contributed by atoms with E-state index in [4.69, 9.17) is 19.8 Å². The van der Waals surface area contributed by atoms with Gasteiger partial charge in [0.15, 0.2) is 0 Å². The van der Waals surface area contributed by atoms with E-state index in [1.807, 2.05) is 0 Å². The molecule has 1 aliphatic heterocycles. The van der Waals surface area contributed by atoms with E-state index >= 15 is 0 Å². The second kappa shape index (κ2) is 11.1. The fraction of sp³-hybridized carbons (Fsp3) is 0.471. The molecule has 0 radical (unpaired) electrons. The van der Waals surface area contributed by atoms with E-state index in [9.17, 15) is 9.18 Å². The second-order valence-electron chi connectivity index (χ2n) is 5.67. The van der Waals surface area contributed by atoms with Crippen LogP contribution >= 0.6 is 0 Å². The van der Waals surface area contributed by atoms with Gasteiger partial charge in [-0.3, -0.25) is 4.79 Å². The molecule has 1 amide bonds. The Morgan fingerprint density at radius 2 is 1.48 bits per heavy atom. The van der Waals surface area contributed by atoms with E-state index in [2.05, 4.69) is 10.2 Å². The van der Waals surface area contributed by atoms with Crippen molar-refractivity contribution >= 4 is 23.5 Å². The molecule has 0 bridgehead atoms. The quantitative estimate of drug-likeness (QED) is 0.716. The zero-order valence-electron chi connectivity index (χ0n) is 13.9. The van der Waals surface area contributed by atoms with Gasteiger partial charge < -0.3 is 20.4 Å². The summed E-state index contributed by atoms with van der Waals surface area (Å²) in [5, 5.41) is 17.6. The molecule has 138 valence electrons. The van der Waals surface area contributed by atoms with E-state index in [-0.39, 0.29) is 11.7 Å².